The van der Waals surface area contributed by atoms with Crippen molar-refractivity contribution in [3.8, 4) is 33.3 Å². The van der Waals surface area contributed by atoms with Gasteiger partial charge in [-0.05, 0) is 41.3 Å². The first-order valence-electron chi connectivity index (χ1n) is 8.65. The molecule has 0 radical (unpaired) electrons. The van der Waals surface area contributed by atoms with Crippen LogP contribution in [0.25, 0.3) is 21.8 Å². The number of nitrogens with zero attached hydrogens (tertiary/aromatic N) is 2. The predicted molar refractivity (Wildman–Crippen MR) is 110 cm³/mol. The molecule has 0 aliphatic rings. The number of imidazole rings is 1. The van der Waals surface area contributed by atoms with Crippen LogP contribution in [0.2, 0.25) is 0 Å². The molecule has 0 atom stereocenters. The Morgan fingerprint density at radius 1 is 0.963 bits per heavy atom. The maximum Gasteiger partial charge on any atom is 0.128 e. The molecule has 0 N–H and O–H groups in total. The van der Waals surface area contributed by atoms with Gasteiger partial charge >= 0.3 is 0 Å². The molecule has 0 amide bonds. The van der Waals surface area contributed by atoms with Crippen molar-refractivity contribution in [2.24, 2.45) is 0 Å². The molecule has 0 bridgehead atoms. The van der Waals surface area contributed by atoms with Gasteiger partial charge in [0.2, 0.25) is 0 Å². The zero-order valence-electron chi connectivity index (χ0n) is 15.3. The molecule has 4 nitrogen and oxygen atoms in total. The van der Waals surface area contributed by atoms with Gasteiger partial charge in [0.05, 0.1) is 31.1 Å². The SMILES string of the molecule is COc1cccc(Cn2cnc(-c3ccccc3OC)c2-c2cccs2)c1. The van der Waals surface area contributed by atoms with E-state index in [-0.39, 0.29) is 0 Å². The van der Waals surface area contributed by atoms with Gasteiger partial charge in [0, 0.05) is 12.1 Å². The molecule has 5 heteroatoms. The lowest BCUT2D eigenvalue weighted by molar-refractivity contribution is 0.414. The highest BCUT2D eigenvalue weighted by Gasteiger charge is 2.18. The summed E-state index contributed by atoms with van der Waals surface area (Å²) in [4.78, 5) is 5.93. The average Bonchev–Trinajstić information content (AvgIpc) is 3.37. The number of thiophene rings is 1. The zero-order chi connectivity index (χ0) is 18.6. The number of para-hydroxylation sites is 1. The van der Waals surface area contributed by atoms with Crippen molar-refractivity contribution in [1.82, 2.24) is 9.55 Å². The minimum atomic E-state index is 0.715. The first-order valence-corrected chi connectivity index (χ1v) is 9.53. The van der Waals surface area contributed by atoms with Gasteiger partial charge in [-0.15, -0.1) is 11.3 Å². The molecular weight excluding hydrogens is 356 g/mol. The highest BCUT2D eigenvalue weighted by Crippen LogP contribution is 2.38. The second-order valence-electron chi connectivity index (χ2n) is 6.10. The van der Waals surface area contributed by atoms with Crippen molar-refractivity contribution in [1.29, 1.82) is 0 Å². The van der Waals surface area contributed by atoms with Crippen LogP contribution in [0.5, 0.6) is 11.5 Å². The molecule has 4 aromatic rings. The molecule has 2 aromatic carbocycles. The number of methoxy groups -OCH3 is 2. The Morgan fingerprint density at radius 2 is 1.85 bits per heavy atom. The Morgan fingerprint density at radius 3 is 2.63 bits per heavy atom. The fourth-order valence-electron chi connectivity index (χ4n) is 3.18. The summed E-state index contributed by atoms with van der Waals surface area (Å²) in [5, 5.41) is 2.09. The van der Waals surface area contributed by atoms with Crippen LogP contribution in [0.4, 0.5) is 0 Å². The zero-order valence-corrected chi connectivity index (χ0v) is 16.1. The van der Waals surface area contributed by atoms with Crippen molar-refractivity contribution >= 4 is 11.3 Å². The lowest BCUT2D eigenvalue weighted by atomic mass is 10.1. The molecule has 0 fully saturated rings. The Balaban J connectivity index is 1.82. The van der Waals surface area contributed by atoms with Crippen LogP contribution in [0.3, 0.4) is 0 Å². The summed E-state index contributed by atoms with van der Waals surface area (Å²) in [5.74, 6) is 1.68. The number of rotatable bonds is 6. The van der Waals surface area contributed by atoms with Crippen molar-refractivity contribution in [2.45, 2.75) is 6.54 Å². The number of ether oxygens (including phenoxy) is 2. The molecule has 4 rings (SSSR count). The summed E-state index contributed by atoms with van der Waals surface area (Å²) < 4.78 is 13.1. The third-order valence-corrected chi connectivity index (χ3v) is 5.32. The van der Waals surface area contributed by atoms with Crippen LogP contribution in [0, 0.1) is 0 Å². The van der Waals surface area contributed by atoms with E-state index in [1.54, 1.807) is 25.6 Å². The summed E-state index contributed by atoms with van der Waals surface area (Å²) in [6, 6.07) is 20.3. The van der Waals surface area contributed by atoms with E-state index < -0.39 is 0 Å². The van der Waals surface area contributed by atoms with Gasteiger partial charge in [-0.2, -0.15) is 0 Å². The van der Waals surface area contributed by atoms with E-state index >= 15 is 0 Å². The van der Waals surface area contributed by atoms with Gasteiger partial charge in [-0.25, -0.2) is 4.98 Å². The van der Waals surface area contributed by atoms with Crippen LogP contribution < -0.4 is 9.47 Å². The lowest BCUT2D eigenvalue weighted by Crippen LogP contribution is -2.01. The Kier molecular flexibility index (Phi) is 4.94. The second-order valence-corrected chi connectivity index (χ2v) is 7.05. The normalized spacial score (nSPS) is 10.7. The molecule has 0 saturated heterocycles. The molecule has 0 saturated carbocycles. The molecule has 0 spiro atoms. The van der Waals surface area contributed by atoms with Crippen LogP contribution in [-0.2, 0) is 6.54 Å². The number of aromatic nitrogens is 2. The van der Waals surface area contributed by atoms with E-state index in [1.165, 1.54) is 4.88 Å². The van der Waals surface area contributed by atoms with E-state index in [2.05, 4.69) is 34.2 Å². The Bertz CT molecular complexity index is 1040. The van der Waals surface area contributed by atoms with Gasteiger partial charge in [0.1, 0.15) is 17.2 Å². The number of hydrogen-bond donors (Lipinski definition) is 0. The smallest absolute Gasteiger partial charge is 0.128 e. The molecule has 2 aromatic heterocycles. The van der Waals surface area contributed by atoms with E-state index in [9.17, 15) is 0 Å². The number of hydrogen-bond acceptors (Lipinski definition) is 4. The summed E-state index contributed by atoms with van der Waals surface area (Å²) in [6.45, 7) is 0.715. The van der Waals surface area contributed by atoms with Crippen LogP contribution in [0.1, 0.15) is 5.56 Å². The van der Waals surface area contributed by atoms with E-state index in [0.29, 0.717) is 6.54 Å². The summed E-state index contributed by atoms with van der Waals surface area (Å²) in [7, 11) is 3.38. The molecule has 0 aliphatic carbocycles. The molecular formula is C22H20N2O2S. The maximum absolute atomic E-state index is 5.57. The standard InChI is InChI=1S/C22H20N2O2S/c1-25-17-8-5-7-16(13-17)14-24-15-23-21(22(24)20-11-6-12-27-20)18-9-3-4-10-19(18)26-2/h3-13,15H,14H2,1-2H3. The Hall–Kier alpha value is -3.05. The third-order valence-electron chi connectivity index (χ3n) is 4.44. The van der Waals surface area contributed by atoms with Crippen LogP contribution in [-0.4, -0.2) is 23.8 Å². The minimum absolute atomic E-state index is 0.715. The summed E-state index contributed by atoms with van der Waals surface area (Å²) in [6.07, 6.45) is 1.90. The van der Waals surface area contributed by atoms with Crippen molar-refractivity contribution < 1.29 is 9.47 Å². The highest BCUT2D eigenvalue weighted by atomic mass is 32.1. The second kappa shape index (κ2) is 7.68. The highest BCUT2D eigenvalue weighted by molar-refractivity contribution is 7.13. The van der Waals surface area contributed by atoms with Crippen molar-refractivity contribution in [2.75, 3.05) is 14.2 Å². The van der Waals surface area contributed by atoms with Crippen LogP contribution in [0.15, 0.2) is 72.4 Å². The molecule has 0 unspecified atom stereocenters. The van der Waals surface area contributed by atoms with E-state index in [0.717, 1.165) is 34.0 Å². The summed E-state index contributed by atoms with van der Waals surface area (Å²) >= 11 is 1.71. The van der Waals surface area contributed by atoms with Gasteiger partial charge < -0.3 is 14.0 Å². The molecule has 2 heterocycles. The average molecular weight is 376 g/mol. The van der Waals surface area contributed by atoms with E-state index in [4.69, 9.17) is 14.5 Å². The topological polar surface area (TPSA) is 36.3 Å². The fraction of sp³-hybridized carbons (Fsp3) is 0.136. The maximum atomic E-state index is 5.57. The van der Waals surface area contributed by atoms with Gasteiger partial charge in [-0.3, -0.25) is 0 Å². The summed E-state index contributed by atoms with van der Waals surface area (Å²) in [5.41, 5.74) is 4.18. The van der Waals surface area contributed by atoms with Gasteiger partial charge in [0.25, 0.3) is 0 Å². The molecule has 0 aliphatic heterocycles. The number of benzene rings is 2. The lowest BCUT2D eigenvalue weighted by Gasteiger charge is -2.12. The van der Waals surface area contributed by atoms with Gasteiger partial charge in [-0.1, -0.05) is 30.3 Å². The van der Waals surface area contributed by atoms with Crippen LogP contribution >= 0.6 is 11.3 Å². The quantitative estimate of drug-likeness (QED) is 0.455. The van der Waals surface area contributed by atoms with E-state index in [1.807, 2.05) is 42.7 Å². The molecule has 136 valence electrons. The van der Waals surface area contributed by atoms with Crippen molar-refractivity contribution in [3.63, 3.8) is 0 Å². The fourth-order valence-corrected chi connectivity index (χ4v) is 3.97. The first kappa shape index (κ1) is 17.4. The predicted octanol–water partition coefficient (Wildman–Crippen LogP) is 5.34. The third kappa shape index (κ3) is 3.46. The van der Waals surface area contributed by atoms with Crippen molar-refractivity contribution in [3.05, 3.63) is 77.9 Å². The Labute approximate surface area is 162 Å². The minimum Gasteiger partial charge on any atom is -0.497 e. The molecule has 27 heavy (non-hydrogen) atoms. The van der Waals surface area contributed by atoms with Gasteiger partial charge in [0.15, 0.2) is 0 Å². The largest absolute Gasteiger partial charge is 0.497 e. The first-order chi connectivity index (χ1) is 13.3. The monoisotopic (exact) mass is 376 g/mol.